The maximum absolute atomic E-state index is 2.40. The van der Waals surface area contributed by atoms with Gasteiger partial charge in [-0.2, -0.15) is 47.0 Å². The highest BCUT2D eigenvalue weighted by Gasteiger charge is 2.22. The molecule has 0 bridgehead atoms. The molecule has 1 aromatic rings. The van der Waals surface area contributed by atoms with Crippen molar-refractivity contribution in [3.05, 3.63) is 35.4 Å². The van der Waals surface area contributed by atoms with E-state index in [1.165, 1.54) is 45.6 Å². The maximum Gasteiger partial charge on any atom is 0.0229 e. The molecule has 0 amide bonds. The van der Waals surface area contributed by atoms with Crippen molar-refractivity contribution < 1.29 is 0 Å². The molecule has 2 atom stereocenters. The molecule has 2 heterocycles. The number of rotatable bonds is 8. The van der Waals surface area contributed by atoms with Crippen LogP contribution >= 0.6 is 47.0 Å². The van der Waals surface area contributed by atoms with E-state index in [0.29, 0.717) is 0 Å². The predicted octanol–water partition coefficient (Wildman–Crippen LogP) is 4.38. The van der Waals surface area contributed by atoms with Crippen LogP contribution in [-0.4, -0.2) is 33.5 Å². The summed E-state index contributed by atoms with van der Waals surface area (Å²) in [7, 11) is 0. The van der Waals surface area contributed by atoms with Gasteiger partial charge in [-0.3, -0.25) is 0 Å². The van der Waals surface area contributed by atoms with Crippen LogP contribution in [0.1, 0.15) is 11.1 Å². The van der Waals surface area contributed by atoms with Crippen LogP contribution in [0.5, 0.6) is 0 Å². The largest absolute Gasteiger partial charge is 0.156 e. The third-order valence-electron chi connectivity index (χ3n) is 2.94. The van der Waals surface area contributed by atoms with Crippen molar-refractivity contribution in [3.63, 3.8) is 0 Å². The fraction of sp³-hybridized carbons (Fsp3) is 0.571. The summed E-state index contributed by atoms with van der Waals surface area (Å²) in [5.41, 5.74) is 3.01. The van der Waals surface area contributed by atoms with Crippen LogP contribution in [0.2, 0.25) is 0 Å². The van der Waals surface area contributed by atoms with Gasteiger partial charge in [0.05, 0.1) is 0 Å². The van der Waals surface area contributed by atoms with E-state index >= 15 is 0 Å². The zero-order valence-corrected chi connectivity index (χ0v) is 13.6. The molecule has 1 aromatic carbocycles. The lowest BCUT2D eigenvalue weighted by molar-refractivity contribution is 1.25. The van der Waals surface area contributed by atoms with Gasteiger partial charge in [-0.15, -0.1) is 0 Å². The Balaban J connectivity index is 1.41. The molecule has 98 valence electrons. The van der Waals surface area contributed by atoms with Gasteiger partial charge in [0.25, 0.3) is 0 Å². The van der Waals surface area contributed by atoms with Crippen molar-refractivity contribution in [1.29, 1.82) is 0 Å². The van der Waals surface area contributed by atoms with Gasteiger partial charge in [-0.1, -0.05) is 24.3 Å². The zero-order valence-electron chi connectivity index (χ0n) is 10.3. The first-order chi connectivity index (χ1) is 8.90. The topological polar surface area (TPSA) is 0 Å². The van der Waals surface area contributed by atoms with Gasteiger partial charge in [0, 0.05) is 45.0 Å². The fourth-order valence-electron chi connectivity index (χ4n) is 1.75. The van der Waals surface area contributed by atoms with Gasteiger partial charge < -0.3 is 0 Å². The zero-order chi connectivity index (χ0) is 12.2. The summed E-state index contributed by atoms with van der Waals surface area (Å²) in [6.45, 7) is 0. The van der Waals surface area contributed by atoms with Crippen molar-refractivity contribution in [3.8, 4) is 0 Å². The van der Waals surface area contributed by atoms with E-state index in [1.807, 2.05) is 0 Å². The second kappa shape index (κ2) is 6.87. The number of benzene rings is 1. The van der Waals surface area contributed by atoms with Gasteiger partial charge in [0.15, 0.2) is 0 Å². The van der Waals surface area contributed by atoms with Crippen LogP contribution < -0.4 is 0 Å². The van der Waals surface area contributed by atoms with E-state index < -0.39 is 0 Å². The summed E-state index contributed by atoms with van der Waals surface area (Å²) in [6, 6.07) is 9.18. The van der Waals surface area contributed by atoms with Crippen molar-refractivity contribution in [2.24, 2.45) is 0 Å². The van der Waals surface area contributed by atoms with E-state index in [0.717, 1.165) is 10.5 Å². The lowest BCUT2D eigenvalue weighted by Gasteiger charge is -2.05. The molecule has 0 radical (unpaired) electrons. The van der Waals surface area contributed by atoms with E-state index in [9.17, 15) is 0 Å². The van der Waals surface area contributed by atoms with Gasteiger partial charge >= 0.3 is 0 Å². The molecule has 0 nitrogen and oxygen atoms in total. The summed E-state index contributed by atoms with van der Waals surface area (Å²) in [5.74, 6) is 7.83. The van der Waals surface area contributed by atoms with Crippen LogP contribution in [0.25, 0.3) is 0 Å². The molecule has 0 aliphatic carbocycles. The second-order valence-corrected chi connectivity index (χ2v) is 9.49. The molecule has 0 saturated carbocycles. The minimum absolute atomic E-state index is 0.963. The Morgan fingerprint density at radius 2 is 1.44 bits per heavy atom. The highest BCUT2D eigenvalue weighted by molar-refractivity contribution is 8.09. The second-order valence-electron chi connectivity index (χ2n) is 4.76. The van der Waals surface area contributed by atoms with Gasteiger partial charge in [0.2, 0.25) is 0 Å². The van der Waals surface area contributed by atoms with Gasteiger partial charge in [0.1, 0.15) is 0 Å². The van der Waals surface area contributed by atoms with Gasteiger partial charge in [-0.05, 0) is 11.1 Å². The number of hydrogen-bond donors (Lipinski definition) is 0. The van der Waals surface area contributed by atoms with Gasteiger partial charge in [-0.25, -0.2) is 0 Å². The molecule has 0 spiro atoms. The average Bonchev–Trinajstić information content (AvgIpc) is 3.25. The number of hydrogen-bond acceptors (Lipinski definition) is 4. The van der Waals surface area contributed by atoms with Crippen molar-refractivity contribution in [1.82, 2.24) is 0 Å². The first-order valence-corrected chi connectivity index (χ1v) is 10.8. The van der Waals surface area contributed by atoms with Crippen LogP contribution in [0, 0.1) is 0 Å². The summed E-state index contributed by atoms with van der Waals surface area (Å²) >= 11 is 8.39. The summed E-state index contributed by atoms with van der Waals surface area (Å²) in [4.78, 5) is 0. The molecule has 4 heteroatoms. The van der Waals surface area contributed by atoms with Crippen molar-refractivity contribution >= 4 is 47.0 Å². The monoisotopic (exact) mass is 314 g/mol. The summed E-state index contributed by atoms with van der Waals surface area (Å²) < 4.78 is 0. The molecule has 2 saturated heterocycles. The molecular weight excluding hydrogens is 296 g/mol. The standard InChI is InChI=1S/C14H18S4/c1-2-11(5-15-7-13-9-17-13)4-12(3-1)6-16-8-14-10-18-14/h1-4,13-14H,5-10H2. The van der Waals surface area contributed by atoms with Crippen LogP contribution in [-0.2, 0) is 11.5 Å². The maximum atomic E-state index is 2.40. The first kappa shape index (κ1) is 13.6. The Morgan fingerprint density at radius 1 is 0.944 bits per heavy atom. The Labute approximate surface area is 127 Å². The van der Waals surface area contributed by atoms with E-state index in [2.05, 4.69) is 71.3 Å². The Kier molecular flexibility index (Phi) is 5.19. The molecule has 18 heavy (non-hydrogen) atoms. The quantitative estimate of drug-likeness (QED) is 0.653. The summed E-state index contributed by atoms with van der Waals surface area (Å²) in [6.07, 6.45) is 0. The SMILES string of the molecule is c1cc(CSCC2CS2)cc(CSCC2CS2)c1. The Bertz CT molecular complexity index is 352. The first-order valence-electron chi connectivity index (χ1n) is 6.36. The lowest BCUT2D eigenvalue weighted by Crippen LogP contribution is -1.92. The Morgan fingerprint density at radius 3 is 1.89 bits per heavy atom. The van der Waals surface area contributed by atoms with Crippen molar-refractivity contribution in [2.45, 2.75) is 22.0 Å². The molecule has 2 unspecified atom stereocenters. The molecule has 0 N–H and O–H groups in total. The minimum atomic E-state index is 0.963. The molecule has 3 rings (SSSR count). The molecule has 2 fully saturated rings. The van der Waals surface area contributed by atoms with Crippen LogP contribution in [0.3, 0.4) is 0 Å². The molecule has 2 aliphatic rings. The highest BCUT2D eigenvalue weighted by Crippen LogP contribution is 2.34. The van der Waals surface area contributed by atoms with Crippen LogP contribution in [0.15, 0.2) is 24.3 Å². The third-order valence-corrected chi connectivity index (χ3v) is 7.66. The minimum Gasteiger partial charge on any atom is -0.156 e. The molecule has 0 aromatic heterocycles. The fourth-order valence-corrected chi connectivity index (χ4v) is 5.74. The molecular formula is C14H18S4. The highest BCUT2D eigenvalue weighted by atomic mass is 32.2. The average molecular weight is 315 g/mol. The normalized spacial score (nSPS) is 25.1. The van der Waals surface area contributed by atoms with Crippen molar-refractivity contribution in [2.75, 3.05) is 23.0 Å². The lowest BCUT2D eigenvalue weighted by atomic mass is 10.2. The van der Waals surface area contributed by atoms with E-state index in [4.69, 9.17) is 0 Å². The van der Waals surface area contributed by atoms with Crippen LogP contribution in [0.4, 0.5) is 0 Å². The summed E-state index contributed by atoms with van der Waals surface area (Å²) in [5, 5.41) is 1.93. The Hall–Kier alpha value is 0.620. The van der Waals surface area contributed by atoms with E-state index in [1.54, 1.807) is 0 Å². The molecule has 2 aliphatic heterocycles. The predicted molar refractivity (Wildman–Crippen MR) is 91.3 cm³/mol. The van der Waals surface area contributed by atoms with E-state index in [-0.39, 0.29) is 0 Å². The number of thioether (sulfide) groups is 4. The smallest absolute Gasteiger partial charge is 0.0229 e. The third kappa shape index (κ3) is 4.95.